The van der Waals surface area contributed by atoms with Crippen LogP contribution in [0.15, 0.2) is 77.5 Å². The summed E-state index contributed by atoms with van der Waals surface area (Å²) in [7, 11) is 0. The SMILES string of the molecule is Fc1ccccc1Cn1nc(-c2ccccn2)cc1-c1cccc(Br)n1. The van der Waals surface area contributed by atoms with Crippen molar-refractivity contribution in [2.75, 3.05) is 0 Å². The minimum atomic E-state index is -0.254. The second-order valence-corrected chi connectivity index (χ2v) is 6.54. The van der Waals surface area contributed by atoms with E-state index < -0.39 is 0 Å². The highest BCUT2D eigenvalue weighted by molar-refractivity contribution is 9.10. The summed E-state index contributed by atoms with van der Waals surface area (Å²) in [6.07, 6.45) is 1.72. The van der Waals surface area contributed by atoms with E-state index in [-0.39, 0.29) is 5.82 Å². The smallest absolute Gasteiger partial charge is 0.128 e. The molecular formula is C20H14BrFN4. The highest BCUT2D eigenvalue weighted by Crippen LogP contribution is 2.26. The van der Waals surface area contributed by atoms with Crippen LogP contribution in [-0.2, 0) is 6.54 Å². The zero-order valence-electron chi connectivity index (χ0n) is 13.7. The molecule has 0 amide bonds. The number of nitrogens with zero attached hydrogens (tertiary/aromatic N) is 4. The molecule has 6 heteroatoms. The van der Waals surface area contributed by atoms with Crippen LogP contribution in [0.5, 0.6) is 0 Å². The van der Waals surface area contributed by atoms with E-state index >= 15 is 0 Å². The van der Waals surface area contributed by atoms with Crippen molar-refractivity contribution in [3.8, 4) is 22.8 Å². The van der Waals surface area contributed by atoms with E-state index in [9.17, 15) is 4.39 Å². The van der Waals surface area contributed by atoms with Gasteiger partial charge in [-0.25, -0.2) is 9.37 Å². The zero-order chi connectivity index (χ0) is 17.9. The van der Waals surface area contributed by atoms with Gasteiger partial charge in [-0.3, -0.25) is 9.67 Å². The topological polar surface area (TPSA) is 43.6 Å². The molecule has 4 aromatic rings. The van der Waals surface area contributed by atoms with E-state index in [2.05, 4.69) is 31.0 Å². The summed E-state index contributed by atoms with van der Waals surface area (Å²) in [5.74, 6) is -0.254. The number of hydrogen-bond acceptors (Lipinski definition) is 3. The fourth-order valence-electron chi connectivity index (χ4n) is 2.72. The number of rotatable bonds is 4. The van der Waals surface area contributed by atoms with Gasteiger partial charge in [-0.15, -0.1) is 0 Å². The molecule has 0 saturated heterocycles. The standard InChI is InChI=1S/C20H14BrFN4/c21-20-10-5-9-17(24-20)19-12-18(16-8-3-4-11-23-16)25-26(19)13-14-6-1-2-7-15(14)22/h1-12H,13H2. The highest BCUT2D eigenvalue weighted by Gasteiger charge is 2.15. The molecule has 0 N–H and O–H groups in total. The third-order valence-corrected chi connectivity index (χ3v) is 4.40. The van der Waals surface area contributed by atoms with Crippen molar-refractivity contribution in [1.82, 2.24) is 19.7 Å². The third kappa shape index (κ3) is 3.41. The first-order valence-corrected chi connectivity index (χ1v) is 8.85. The maximum Gasteiger partial charge on any atom is 0.128 e. The van der Waals surface area contributed by atoms with Crippen molar-refractivity contribution in [3.05, 3.63) is 88.9 Å². The minimum Gasteiger partial charge on any atom is -0.258 e. The van der Waals surface area contributed by atoms with Gasteiger partial charge in [0.25, 0.3) is 0 Å². The molecule has 0 spiro atoms. The van der Waals surface area contributed by atoms with Gasteiger partial charge in [0.1, 0.15) is 16.1 Å². The number of benzene rings is 1. The Morgan fingerprint density at radius 2 is 1.69 bits per heavy atom. The van der Waals surface area contributed by atoms with Crippen molar-refractivity contribution in [3.63, 3.8) is 0 Å². The average molecular weight is 409 g/mol. The maximum absolute atomic E-state index is 14.1. The molecule has 0 fully saturated rings. The Balaban J connectivity index is 1.83. The first kappa shape index (κ1) is 16.6. The molecule has 26 heavy (non-hydrogen) atoms. The number of aromatic nitrogens is 4. The lowest BCUT2D eigenvalue weighted by Crippen LogP contribution is -2.06. The monoisotopic (exact) mass is 408 g/mol. The third-order valence-electron chi connectivity index (χ3n) is 3.96. The van der Waals surface area contributed by atoms with Crippen LogP contribution < -0.4 is 0 Å². The van der Waals surface area contributed by atoms with Gasteiger partial charge in [-0.2, -0.15) is 5.10 Å². The van der Waals surface area contributed by atoms with Gasteiger partial charge in [-0.1, -0.05) is 30.3 Å². The fourth-order valence-corrected chi connectivity index (χ4v) is 3.07. The molecule has 128 valence electrons. The van der Waals surface area contributed by atoms with Crippen LogP contribution >= 0.6 is 15.9 Å². The van der Waals surface area contributed by atoms with Crippen LogP contribution in [0, 0.1) is 5.82 Å². The van der Waals surface area contributed by atoms with Crippen molar-refractivity contribution >= 4 is 15.9 Å². The lowest BCUT2D eigenvalue weighted by Gasteiger charge is -2.08. The van der Waals surface area contributed by atoms with Crippen LogP contribution in [0.3, 0.4) is 0 Å². The molecule has 0 radical (unpaired) electrons. The van der Waals surface area contributed by atoms with E-state index in [0.29, 0.717) is 12.1 Å². The second-order valence-electron chi connectivity index (χ2n) is 5.72. The Hall–Kier alpha value is -2.86. The number of hydrogen-bond donors (Lipinski definition) is 0. The van der Waals surface area contributed by atoms with Crippen LogP contribution in [0.4, 0.5) is 4.39 Å². The molecule has 3 heterocycles. The largest absolute Gasteiger partial charge is 0.258 e. The molecule has 0 saturated carbocycles. The van der Waals surface area contributed by atoms with Crippen molar-refractivity contribution in [1.29, 1.82) is 0 Å². The van der Waals surface area contributed by atoms with Crippen molar-refractivity contribution in [2.24, 2.45) is 0 Å². The van der Waals surface area contributed by atoms with Crippen LogP contribution in [0.2, 0.25) is 0 Å². The molecular weight excluding hydrogens is 395 g/mol. The number of halogens is 2. The van der Waals surface area contributed by atoms with E-state index in [0.717, 1.165) is 27.4 Å². The molecule has 0 unspecified atom stereocenters. The predicted molar refractivity (Wildman–Crippen MR) is 102 cm³/mol. The molecule has 0 atom stereocenters. The summed E-state index contributed by atoms with van der Waals surface area (Å²) in [5.41, 5.74) is 3.61. The van der Waals surface area contributed by atoms with E-state index in [1.165, 1.54) is 6.07 Å². The van der Waals surface area contributed by atoms with Crippen molar-refractivity contribution < 1.29 is 4.39 Å². The molecule has 1 aromatic carbocycles. The summed E-state index contributed by atoms with van der Waals surface area (Å²) in [6.45, 7) is 0.309. The van der Waals surface area contributed by atoms with E-state index in [1.54, 1.807) is 23.0 Å². The minimum absolute atomic E-state index is 0.254. The second kappa shape index (κ2) is 7.17. The summed E-state index contributed by atoms with van der Waals surface area (Å²) in [4.78, 5) is 8.88. The Morgan fingerprint density at radius 3 is 2.46 bits per heavy atom. The summed E-state index contributed by atoms with van der Waals surface area (Å²) >= 11 is 3.40. The first-order valence-electron chi connectivity index (χ1n) is 8.06. The fraction of sp³-hybridized carbons (Fsp3) is 0.0500. The normalized spacial score (nSPS) is 10.8. The highest BCUT2D eigenvalue weighted by atomic mass is 79.9. The molecule has 0 aliphatic heterocycles. The van der Waals surface area contributed by atoms with Gasteiger partial charge >= 0.3 is 0 Å². The molecule has 4 nitrogen and oxygen atoms in total. The molecule has 0 bridgehead atoms. The van der Waals surface area contributed by atoms with Crippen molar-refractivity contribution in [2.45, 2.75) is 6.54 Å². The van der Waals surface area contributed by atoms with Crippen LogP contribution in [-0.4, -0.2) is 19.7 Å². The summed E-state index contributed by atoms with van der Waals surface area (Å²) in [6, 6.07) is 20.0. The Labute approximate surface area is 158 Å². The molecule has 0 aliphatic rings. The van der Waals surface area contributed by atoms with E-state index in [4.69, 9.17) is 0 Å². The lowest BCUT2D eigenvalue weighted by molar-refractivity contribution is 0.587. The molecule has 4 rings (SSSR count). The van der Waals surface area contributed by atoms with Gasteiger partial charge in [0.2, 0.25) is 0 Å². The van der Waals surface area contributed by atoms with Gasteiger partial charge in [0.15, 0.2) is 0 Å². The quantitative estimate of drug-likeness (QED) is 0.448. The Kier molecular flexibility index (Phi) is 4.58. The lowest BCUT2D eigenvalue weighted by atomic mass is 10.2. The zero-order valence-corrected chi connectivity index (χ0v) is 15.3. The van der Waals surface area contributed by atoms with Gasteiger partial charge in [0.05, 0.1) is 23.6 Å². The predicted octanol–water partition coefficient (Wildman–Crippen LogP) is 4.96. The maximum atomic E-state index is 14.1. The van der Waals surface area contributed by atoms with E-state index in [1.807, 2.05) is 48.5 Å². The average Bonchev–Trinajstić information content (AvgIpc) is 3.08. The molecule has 3 aromatic heterocycles. The number of pyridine rings is 2. The van der Waals surface area contributed by atoms with Crippen LogP contribution in [0.1, 0.15) is 5.56 Å². The van der Waals surface area contributed by atoms with Crippen LogP contribution in [0.25, 0.3) is 22.8 Å². The van der Waals surface area contributed by atoms with Gasteiger partial charge < -0.3 is 0 Å². The molecule has 0 aliphatic carbocycles. The van der Waals surface area contributed by atoms with Gasteiger partial charge in [-0.05, 0) is 52.3 Å². The van der Waals surface area contributed by atoms with Gasteiger partial charge in [0, 0.05) is 11.8 Å². The summed E-state index contributed by atoms with van der Waals surface area (Å²) < 4.78 is 16.6. The summed E-state index contributed by atoms with van der Waals surface area (Å²) in [5, 5.41) is 4.66. The Bertz CT molecular complexity index is 1050. The Morgan fingerprint density at radius 1 is 0.885 bits per heavy atom. The first-order chi connectivity index (χ1) is 12.7.